The Morgan fingerprint density at radius 1 is 1.39 bits per heavy atom. The molecule has 3 rings (SSSR count). The monoisotopic (exact) mass is 542 g/mol. The molecule has 2 unspecified atom stereocenters. The summed E-state index contributed by atoms with van der Waals surface area (Å²) in [5.74, 6) is 2.59. The number of benzene rings is 1. The predicted molar refractivity (Wildman–Crippen MR) is 135 cm³/mol. The van der Waals surface area contributed by atoms with Crippen LogP contribution in [0.1, 0.15) is 36.6 Å². The van der Waals surface area contributed by atoms with Crippen LogP contribution in [0.3, 0.4) is 0 Å². The van der Waals surface area contributed by atoms with Crippen molar-refractivity contribution in [2.45, 2.75) is 39.0 Å². The quantitative estimate of drug-likeness (QED) is 0.304. The average Bonchev–Trinajstić information content (AvgIpc) is 3.28. The van der Waals surface area contributed by atoms with E-state index in [4.69, 9.17) is 9.47 Å². The molecule has 2 heterocycles. The lowest BCUT2D eigenvalue weighted by atomic mass is 10.1. The Balaban J connectivity index is 0.00000341. The molecule has 0 spiro atoms. The molecule has 2 atom stereocenters. The van der Waals surface area contributed by atoms with Crippen molar-refractivity contribution in [3.63, 3.8) is 0 Å². The van der Waals surface area contributed by atoms with E-state index in [1.165, 1.54) is 5.56 Å². The van der Waals surface area contributed by atoms with Gasteiger partial charge in [0.15, 0.2) is 5.96 Å². The molecule has 1 aromatic carbocycles. The summed E-state index contributed by atoms with van der Waals surface area (Å²) in [5.41, 5.74) is 3.43. The van der Waals surface area contributed by atoms with Gasteiger partial charge in [0.1, 0.15) is 17.6 Å². The zero-order valence-corrected chi connectivity index (χ0v) is 21.6. The van der Waals surface area contributed by atoms with Gasteiger partial charge in [0.2, 0.25) is 0 Å². The Morgan fingerprint density at radius 3 is 2.77 bits per heavy atom. The number of hydrogen-bond donors (Lipinski definition) is 2. The molecule has 0 fully saturated rings. The van der Waals surface area contributed by atoms with Crippen LogP contribution < -0.4 is 20.1 Å². The Hall–Kier alpha value is -2.01. The topological polar surface area (TPSA) is 75.9 Å². The van der Waals surface area contributed by atoms with Crippen LogP contribution in [-0.4, -0.2) is 61.0 Å². The second kappa shape index (κ2) is 11.6. The highest BCUT2D eigenvalue weighted by atomic mass is 127. The third-order valence-electron chi connectivity index (χ3n) is 5.24. The fraction of sp³-hybridized carbons (Fsp3) is 0.545. The van der Waals surface area contributed by atoms with Gasteiger partial charge < -0.3 is 25.0 Å². The van der Waals surface area contributed by atoms with Gasteiger partial charge in [-0.25, -0.2) is 0 Å². The highest BCUT2D eigenvalue weighted by Crippen LogP contribution is 2.35. The summed E-state index contributed by atoms with van der Waals surface area (Å²) >= 11 is 0. The zero-order valence-electron chi connectivity index (χ0n) is 19.3. The maximum absolute atomic E-state index is 5.93. The number of aliphatic imine (C=N–C) groups is 1. The van der Waals surface area contributed by atoms with E-state index in [1.807, 2.05) is 31.0 Å². The molecular weight excluding hydrogens is 507 g/mol. The number of ether oxygens (including phenoxy) is 2. The number of nitrogens with zero attached hydrogens (tertiary/aromatic N) is 4. The van der Waals surface area contributed by atoms with Crippen molar-refractivity contribution >= 4 is 29.9 Å². The Kier molecular flexibility index (Phi) is 9.42. The fourth-order valence-corrected chi connectivity index (χ4v) is 3.71. The molecule has 1 aromatic heterocycles. The lowest BCUT2D eigenvalue weighted by Crippen LogP contribution is -2.41. The normalized spacial score (nSPS) is 16.4. The average molecular weight is 542 g/mol. The van der Waals surface area contributed by atoms with Gasteiger partial charge in [-0.2, -0.15) is 5.10 Å². The van der Waals surface area contributed by atoms with E-state index in [0.29, 0.717) is 19.7 Å². The molecule has 1 aliphatic heterocycles. The highest BCUT2D eigenvalue weighted by Gasteiger charge is 2.22. The first-order valence-corrected chi connectivity index (χ1v) is 10.5. The minimum atomic E-state index is 0. The van der Waals surface area contributed by atoms with E-state index in [1.54, 1.807) is 7.05 Å². The van der Waals surface area contributed by atoms with Crippen LogP contribution in [-0.2, 0) is 20.0 Å². The van der Waals surface area contributed by atoms with Crippen LogP contribution in [0.4, 0.5) is 0 Å². The summed E-state index contributed by atoms with van der Waals surface area (Å²) in [6.07, 6.45) is 5.08. The van der Waals surface area contributed by atoms with Crippen LogP contribution >= 0.6 is 24.0 Å². The number of guanidine groups is 1. The van der Waals surface area contributed by atoms with Crippen LogP contribution in [0.5, 0.6) is 11.5 Å². The molecule has 172 valence electrons. The predicted octanol–water partition coefficient (Wildman–Crippen LogP) is 2.73. The molecule has 0 saturated carbocycles. The van der Waals surface area contributed by atoms with E-state index in [9.17, 15) is 0 Å². The lowest BCUT2D eigenvalue weighted by Gasteiger charge is -2.24. The largest absolute Gasteiger partial charge is 0.494 e. The van der Waals surface area contributed by atoms with Crippen LogP contribution in [0, 0.1) is 0 Å². The summed E-state index contributed by atoms with van der Waals surface area (Å²) < 4.78 is 13.6. The molecule has 2 N–H and O–H groups in total. The minimum absolute atomic E-state index is 0. The summed E-state index contributed by atoms with van der Waals surface area (Å²) in [5, 5.41) is 11.1. The smallest absolute Gasteiger partial charge is 0.191 e. The van der Waals surface area contributed by atoms with Crippen LogP contribution in [0.25, 0.3) is 0 Å². The number of aryl methyl sites for hydroxylation is 1. The van der Waals surface area contributed by atoms with E-state index in [2.05, 4.69) is 58.8 Å². The molecule has 31 heavy (non-hydrogen) atoms. The van der Waals surface area contributed by atoms with E-state index in [0.717, 1.165) is 35.0 Å². The molecule has 9 heteroatoms. The first kappa shape index (κ1) is 25.3. The number of likely N-dealkylation sites (N-methyl/N-ethyl adjacent to an activating group) is 1. The summed E-state index contributed by atoms with van der Waals surface area (Å²) in [7, 11) is 7.84. The third kappa shape index (κ3) is 6.49. The standard InChI is InChI=1S/C22H34N6O2.HI/c1-7-29-20-9-16-8-15(2)30-21(16)10-17(20)11-24-22(23-3)25-13-19(27(4)5)18-12-26-28(6)14-18;/h9-10,12,14-15,19H,7-8,11,13H2,1-6H3,(H2,23,24,25);1H. The van der Waals surface area contributed by atoms with Gasteiger partial charge in [-0.3, -0.25) is 9.67 Å². The van der Waals surface area contributed by atoms with Gasteiger partial charge in [-0.15, -0.1) is 24.0 Å². The maximum atomic E-state index is 5.93. The highest BCUT2D eigenvalue weighted by molar-refractivity contribution is 14.0. The number of nitrogens with one attached hydrogen (secondary N) is 2. The number of aromatic nitrogens is 2. The first-order valence-electron chi connectivity index (χ1n) is 10.5. The third-order valence-corrected chi connectivity index (χ3v) is 5.24. The number of rotatable bonds is 8. The van der Waals surface area contributed by atoms with Crippen molar-refractivity contribution in [1.82, 2.24) is 25.3 Å². The molecule has 1 aliphatic rings. The van der Waals surface area contributed by atoms with Gasteiger partial charge in [0.25, 0.3) is 0 Å². The van der Waals surface area contributed by atoms with Crippen LogP contribution in [0.15, 0.2) is 29.5 Å². The fourth-order valence-electron chi connectivity index (χ4n) is 3.71. The van der Waals surface area contributed by atoms with Crippen molar-refractivity contribution < 1.29 is 9.47 Å². The maximum Gasteiger partial charge on any atom is 0.191 e. The number of hydrogen-bond acceptors (Lipinski definition) is 5. The van der Waals surface area contributed by atoms with Gasteiger partial charge >= 0.3 is 0 Å². The van der Waals surface area contributed by atoms with Gasteiger partial charge in [0.05, 0.1) is 18.8 Å². The summed E-state index contributed by atoms with van der Waals surface area (Å²) in [6.45, 7) is 6.03. The van der Waals surface area contributed by atoms with Gasteiger partial charge in [-0.05, 0) is 40.1 Å². The van der Waals surface area contributed by atoms with Crippen molar-refractivity contribution in [2.75, 3.05) is 34.3 Å². The van der Waals surface area contributed by atoms with Crippen molar-refractivity contribution in [1.29, 1.82) is 0 Å². The van der Waals surface area contributed by atoms with Crippen molar-refractivity contribution in [3.05, 3.63) is 41.2 Å². The second-order valence-corrected chi connectivity index (χ2v) is 7.87. The second-order valence-electron chi connectivity index (χ2n) is 7.87. The van der Waals surface area contributed by atoms with Gasteiger partial charge in [0, 0.05) is 56.5 Å². The molecule has 8 nitrogen and oxygen atoms in total. The molecule has 0 saturated heterocycles. The Labute approximate surface area is 202 Å². The molecule has 0 radical (unpaired) electrons. The van der Waals surface area contributed by atoms with E-state index >= 15 is 0 Å². The van der Waals surface area contributed by atoms with E-state index in [-0.39, 0.29) is 36.1 Å². The molecule has 2 aromatic rings. The summed E-state index contributed by atoms with van der Waals surface area (Å²) in [6, 6.07) is 4.38. The molecular formula is C22H35IN6O2. The zero-order chi connectivity index (χ0) is 21.7. The number of halogens is 1. The lowest BCUT2D eigenvalue weighted by molar-refractivity contribution is 0.254. The number of fused-ring (bicyclic) bond motifs is 1. The Bertz CT molecular complexity index is 883. The first-order chi connectivity index (χ1) is 14.4. The SMILES string of the molecule is CCOc1cc2c(cc1CNC(=NC)NCC(c1cnn(C)c1)N(C)C)OC(C)C2.I. The van der Waals surface area contributed by atoms with Gasteiger partial charge in [-0.1, -0.05) is 0 Å². The van der Waals surface area contributed by atoms with Crippen molar-refractivity contribution in [3.8, 4) is 11.5 Å². The molecule has 0 amide bonds. The molecule has 0 aliphatic carbocycles. The van der Waals surface area contributed by atoms with Crippen LogP contribution in [0.2, 0.25) is 0 Å². The van der Waals surface area contributed by atoms with Crippen molar-refractivity contribution in [2.24, 2.45) is 12.0 Å². The van der Waals surface area contributed by atoms with E-state index < -0.39 is 0 Å². The Morgan fingerprint density at radius 2 is 2.16 bits per heavy atom. The molecule has 0 bridgehead atoms. The summed E-state index contributed by atoms with van der Waals surface area (Å²) in [4.78, 5) is 6.55. The minimum Gasteiger partial charge on any atom is -0.494 e.